The van der Waals surface area contributed by atoms with Gasteiger partial charge in [-0.3, -0.25) is 9.59 Å². The highest BCUT2D eigenvalue weighted by atomic mass is 19.1. The summed E-state index contributed by atoms with van der Waals surface area (Å²) in [6, 6.07) is 2.19. The number of fused-ring (bicyclic) bond motifs is 7. The van der Waals surface area contributed by atoms with Crippen LogP contribution < -0.4 is 0 Å². The van der Waals surface area contributed by atoms with Gasteiger partial charge in [0, 0.05) is 16.7 Å². The van der Waals surface area contributed by atoms with Gasteiger partial charge in [-0.2, -0.15) is 5.26 Å². The highest BCUT2D eigenvalue weighted by molar-refractivity contribution is 6.04. The Balaban J connectivity index is 1.53. The number of nitriles is 1. The molecule has 214 valence electrons. The first-order valence-electron chi connectivity index (χ1n) is 15.0. The van der Waals surface area contributed by atoms with Gasteiger partial charge in [-0.1, -0.05) is 65.3 Å². The summed E-state index contributed by atoms with van der Waals surface area (Å²) >= 11 is 0. The fourth-order valence-corrected chi connectivity index (χ4v) is 10.6. The number of carbonyl (C=O) groups excluding carboxylic acids is 2. The maximum absolute atomic E-state index is 14.6. The molecule has 40 heavy (non-hydrogen) atoms. The molecule has 0 unspecified atom stereocenters. The second-order valence-corrected chi connectivity index (χ2v) is 15.6. The van der Waals surface area contributed by atoms with Crippen LogP contribution in [-0.4, -0.2) is 26.6 Å². The van der Waals surface area contributed by atoms with Crippen molar-refractivity contribution >= 4 is 11.6 Å². The number of hydrogen-bond acceptors (Lipinski definition) is 5. The van der Waals surface area contributed by atoms with Crippen LogP contribution in [0.4, 0.5) is 4.39 Å². The standard InChI is InChI=1S/C33H43FN4O2/c1-28(2)10-12-33(38-19-21(17-34)36-37-38)13-11-32(7)26(22(33)16-28)23(39)14-25-30(5)15-20(18-35)27(40)29(3,4)24(30)8-9-31(25,32)6/h14-15,19,22,24,26H,8-13,16-17H2,1-7H3/t22-,24-,26-,30-,31+,32+,33-/m0/s1. The van der Waals surface area contributed by atoms with E-state index in [1.807, 2.05) is 30.7 Å². The minimum atomic E-state index is -0.673. The van der Waals surface area contributed by atoms with Crippen LogP contribution in [0.1, 0.15) is 99.1 Å². The smallest absolute Gasteiger partial charge is 0.178 e. The van der Waals surface area contributed by atoms with Crippen LogP contribution in [0.5, 0.6) is 0 Å². The highest BCUT2D eigenvalue weighted by Gasteiger charge is 2.70. The number of rotatable bonds is 2. The molecule has 3 saturated carbocycles. The summed E-state index contributed by atoms with van der Waals surface area (Å²) in [5, 5.41) is 18.5. The van der Waals surface area contributed by atoms with Crippen molar-refractivity contribution < 1.29 is 14.0 Å². The molecule has 5 aliphatic rings. The predicted octanol–water partition coefficient (Wildman–Crippen LogP) is 6.68. The van der Waals surface area contributed by atoms with E-state index in [0.29, 0.717) is 5.69 Å². The molecule has 0 aromatic carbocycles. The molecule has 6 rings (SSSR count). The fraction of sp³-hybridized carbons (Fsp3) is 0.727. The van der Waals surface area contributed by atoms with Crippen molar-refractivity contribution in [2.24, 2.45) is 44.8 Å². The van der Waals surface area contributed by atoms with E-state index in [1.54, 1.807) is 6.20 Å². The summed E-state index contributed by atoms with van der Waals surface area (Å²) in [7, 11) is 0. The monoisotopic (exact) mass is 546 g/mol. The summed E-state index contributed by atoms with van der Waals surface area (Å²) in [5.74, 6) is -0.0180. The highest BCUT2D eigenvalue weighted by Crippen LogP contribution is 2.74. The molecule has 0 spiro atoms. The molecule has 1 heterocycles. The van der Waals surface area contributed by atoms with E-state index in [2.05, 4.69) is 51.0 Å². The van der Waals surface area contributed by atoms with Gasteiger partial charge in [0.15, 0.2) is 11.6 Å². The number of Topliss-reactive ketones (excluding diaryl/α,β-unsaturated/α-hetero) is 1. The molecule has 1 aromatic rings. The van der Waals surface area contributed by atoms with Crippen molar-refractivity contribution in [1.82, 2.24) is 15.0 Å². The molecule has 1 aromatic heterocycles. The lowest BCUT2D eigenvalue weighted by Crippen LogP contribution is -2.66. The zero-order valence-corrected chi connectivity index (χ0v) is 25.1. The van der Waals surface area contributed by atoms with Crippen molar-refractivity contribution in [2.75, 3.05) is 0 Å². The molecular weight excluding hydrogens is 503 g/mol. The molecule has 3 fully saturated rings. The van der Waals surface area contributed by atoms with Gasteiger partial charge in [0.2, 0.25) is 0 Å². The van der Waals surface area contributed by atoms with Crippen LogP contribution in [0.3, 0.4) is 0 Å². The van der Waals surface area contributed by atoms with Crippen molar-refractivity contribution in [2.45, 2.75) is 106 Å². The first-order valence-corrected chi connectivity index (χ1v) is 15.0. The van der Waals surface area contributed by atoms with Crippen LogP contribution in [0.25, 0.3) is 0 Å². The molecular formula is C33H43FN4O2. The third-order valence-corrected chi connectivity index (χ3v) is 12.9. The van der Waals surface area contributed by atoms with Gasteiger partial charge < -0.3 is 0 Å². The normalized spacial score (nSPS) is 43.3. The summed E-state index contributed by atoms with van der Waals surface area (Å²) in [4.78, 5) is 27.9. The van der Waals surface area contributed by atoms with E-state index in [1.165, 1.54) is 0 Å². The van der Waals surface area contributed by atoms with Crippen LogP contribution in [-0.2, 0) is 21.8 Å². The average molecular weight is 547 g/mol. The number of ketones is 2. The second kappa shape index (κ2) is 8.23. The molecule has 0 N–H and O–H groups in total. The van der Waals surface area contributed by atoms with Crippen LogP contribution in [0.15, 0.2) is 29.5 Å². The molecule has 6 nitrogen and oxygen atoms in total. The molecule has 0 aliphatic heterocycles. The summed E-state index contributed by atoms with van der Waals surface area (Å²) in [6.07, 6.45) is 11.9. The molecule has 0 bridgehead atoms. The van der Waals surface area contributed by atoms with Crippen molar-refractivity contribution in [3.05, 3.63) is 35.2 Å². The molecule has 7 heteroatoms. The van der Waals surface area contributed by atoms with E-state index < -0.39 is 17.5 Å². The number of allylic oxidation sites excluding steroid dienone is 4. The third kappa shape index (κ3) is 3.25. The van der Waals surface area contributed by atoms with Gasteiger partial charge in [-0.15, -0.1) is 5.10 Å². The van der Waals surface area contributed by atoms with E-state index in [4.69, 9.17) is 0 Å². The second-order valence-electron chi connectivity index (χ2n) is 15.6. The van der Waals surface area contributed by atoms with E-state index >= 15 is 0 Å². The van der Waals surface area contributed by atoms with Crippen LogP contribution >= 0.6 is 0 Å². The molecule has 0 saturated heterocycles. The van der Waals surface area contributed by atoms with E-state index in [9.17, 15) is 19.2 Å². The first kappa shape index (κ1) is 27.5. The van der Waals surface area contributed by atoms with E-state index in [0.717, 1.165) is 50.5 Å². The summed E-state index contributed by atoms with van der Waals surface area (Å²) in [5.41, 5.74) is -0.360. The fourth-order valence-electron chi connectivity index (χ4n) is 10.6. The number of hydrogen-bond donors (Lipinski definition) is 0. The minimum absolute atomic E-state index is 0.0300. The molecule has 0 radical (unpaired) electrons. The number of carbonyl (C=O) groups is 2. The topological polar surface area (TPSA) is 88.6 Å². The Morgan fingerprint density at radius 2 is 1.75 bits per heavy atom. The lowest BCUT2D eigenvalue weighted by molar-refractivity contribution is -0.169. The number of nitrogens with zero attached hydrogens (tertiary/aromatic N) is 4. The maximum Gasteiger partial charge on any atom is 0.178 e. The van der Waals surface area contributed by atoms with E-state index in [-0.39, 0.29) is 56.7 Å². The summed E-state index contributed by atoms with van der Waals surface area (Å²) < 4.78 is 15.5. The minimum Gasteiger partial charge on any atom is -0.295 e. The van der Waals surface area contributed by atoms with Gasteiger partial charge in [-0.05, 0) is 79.1 Å². The van der Waals surface area contributed by atoms with Crippen molar-refractivity contribution in [1.29, 1.82) is 5.26 Å². The number of halogens is 1. The Bertz CT molecular complexity index is 1410. The van der Waals surface area contributed by atoms with Gasteiger partial charge in [0.1, 0.15) is 18.4 Å². The Morgan fingerprint density at radius 1 is 1.05 bits per heavy atom. The summed E-state index contributed by atoms with van der Waals surface area (Å²) in [6.45, 7) is 14.8. The van der Waals surface area contributed by atoms with Crippen LogP contribution in [0.2, 0.25) is 0 Å². The zero-order chi connectivity index (χ0) is 29.1. The van der Waals surface area contributed by atoms with Gasteiger partial charge in [-0.25, -0.2) is 9.07 Å². The molecule has 0 amide bonds. The maximum atomic E-state index is 14.6. The predicted molar refractivity (Wildman–Crippen MR) is 149 cm³/mol. The Kier molecular flexibility index (Phi) is 5.67. The molecule has 5 aliphatic carbocycles. The largest absolute Gasteiger partial charge is 0.295 e. The van der Waals surface area contributed by atoms with Gasteiger partial charge >= 0.3 is 0 Å². The zero-order valence-electron chi connectivity index (χ0n) is 25.1. The van der Waals surface area contributed by atoms with Gasteiger partial charge in [0.25, 0.3) is 0 Å². The number of alkyl halides is 1. The van der Waals surface area contributed by atoms with Crippen molar-refractivity contribution in [3.63, 3.8) is 0 Å². The van der Waals surface area contributed by atoms with Crippen LogP contribution in [0, 0.1) is 56.2 Å². The lowest BCUT2D eigenvalue weighted by Gasteiger charge is -2.69. The van der Waals surface area contributed by atoms with Crippen molar-refractivity contribution in [3.8, 4) is 6.07 Å². The number of aromatic nitrogens is 3. The quantitative estimate of drug-likeness (QED) is 0.413. The average Bonchev–Trinajstić information content (AvgIpc) is 3.37. The van der Waals surface area contributed by atoms with Gasteiger partial charge in [0.05, 0.1) is 17.3 Å². The Labute approximate surface area is 237 Å². The third-order valence-electron chi connectivity index (χ3n) is 12.9. The molecule has 7 atom stereocenters. The Morgan fingerprint density at radius 3 is 2.40 bits per heavy atom. The first-order chi connectivity index (χ1) is 18.6. The lowest BCUT2D eigenvalue weighted by atomic mass is 9.35. The Hall–Kier alpha value is -2.62. The SMILES string of the molecule is CC1(C)CC[C@]2(n3cc(CF)nn3)CC[C@]3(C)[C@H](C(=O)C=C4[C@@]5(C)C=C(C#N)C(=O)C(C)(C)[C@@H]5CC[C@]43C)[C@@H]2C1.